The molecule has 3 rings (SSSR count). The first-order chi connectivity index (χ1) is 11.5. The van der Waals surface area contributed by atoms with Crippen LogP contribution >= 0.6 is 11.3 Å². The van der Waals surface area contributed by atoms with Crippen LogP contribution in [0.2, 0.25) is 0 Å². The van der Waals surface area contributed by atoms with E-state index in [4.69, 9.17) is 10.1 Å². The molecule has 0 radical (unpaired) electrons. The van der Waals surface area contributed by atoms with Crippen molar-refractivity contribution >= 4 is 23.2 Å². The molecule has 0 aliphatic heterocycles. The van der Waals surface area contributed by atoms with Gasteiger partial charge in [0.1, 0.15) is 10.7 Å². The topological polar surface area (TPSA) is 75.4 Å². The monoisotopic (exact) mass is 347 g/mol. The molecule has 1 N–H and O–H groups in total. The summed E-state index contributed by atoms with van der Waals surface area (Å²) in [5, 5.41) is 10.7. The predicted molar refractivity (Wildman–Crippen MR) is 91.3 cm³/mol. The standard InChI is InChI=1S/C17H21N3O3S/c1-19(16(21)8-11-7-14(17(22)23)24-10-11)9-15-18-12-5-3-4-6-13(12)20(15)2/h7,10H,3-6,8-9H2,1-2H3,(H,22,23). The maximum Gasteiger partial charge on any atom is 0.345 e. The molecular weight excluding hydrogens is 326 g/mol. The third kappa shape index (κ3) is 3.36. The molecule has 2 aromatic heterocycles. The number of carbonyl (C=O) groups is 2. The molecule has 2 heterocycles. The van der Waals surface area contributed by atoms with E-state index in [2.05, 4.69) is 4.57 Å². The number of imidazole rings is 1. The fraction of sp³-hybridized carbons (Fsp3) is 0.471. The van der Waals surface area contributed by atoms with Crippen LogP contribution in [0, 0.1) is 0 Å². The van der Waals surface area contributed by atoms with Crippen molar-refractivity contribution in [1.29, 1.82) is 0 Å². The molecule has 0 bridgehead atoms. The first kappa shape index (κ1) is 16.7. The number of carbonyl (C=O) groups excluding carboxylic acids is 1. The number of fused-ring (bicyclic) bond motifs is 1. The van der Waals surface area contributed by atoms with Crippen molar-refractivity contribution in [3.8, 4) is 0 Å². The van der Waals surface area contributed by atoms with E-state index in [1.165, 1.54) is 24.2 Å². The molecule has 1 aliphatic rings. The number of likely N-dealkylation sites (N-methyl/N-ethyl adjacent to an activating group) is 1. The maximum absolute atomic E-state index is 12.4. The van der Waals surface area contributed by atoms with Crippen LogP contribution in [0.5, 0.6) is 0 Å². The van der Waals surface area contributed by atoms with Crippen molar-refractivity contribution in [2.75, 3.05) is 7.05 Å². The summed E-state index contributed by atoms with van der Waals surface area (Å²) in [6.45, 7) is 0.470. The molecule has 6 nitrogen and oxygen atoms in total. The van der Waals surface area contributed by atoms with Gasteiger partial charge in [-0.15, -0.1) is 11.3 Å². The predicted octanol–water partition coefficient (Wildman–Crippen LogP) is 2.26. The van der Waals surface area contributed by atoms with Crippen LogP contribution in [0.1, 0.15) is 45.3 Å². The van der Waals surface area contributed by atoms with E-state index in [0.29, 0.717) is 6.54 Å². The van der Waals surface area contributed by atoms with Crippen LogP contribution in [0.25, 0.3) is 0 Å². The smallest absolute Gasteiger partial charge is 0.345 e. The highest BCUT2D eigenvalue weighted by atomic mass is 32.1. The fourth-order valence-corrected chi connectivity index (χ4v) is 3.82. The van der Waals surface area contributed by atoms with Crippen LogP contribution in [-0.2, 0) is 37.6 Å². The Morgan fingerprint density at radius 3 is 2.79 bits per heavy atom. The van der Waals surface area contributed by atoms with E-state index in [1.54, 1.807) is 23.4 Å². The number of nitrogens with zero attached hydrogens (tertiary/aromatic N) is 3. The fourth-order valence-electron chi connectivity index (χ4n) is 3.07. The van der Waals surface area contributed by atoms with Gasteiger partial charge < -0.3 is 14.6 Å². The number of hydrogen-bond acceptors (Lipinski definition) is 4. The summed E-state index contributed by atoms with van der Waals surface area (Å²) in [5.74, 6) is -0.0781. The van der Waals surface area contributed by atoms with E-state index in [9.17, 15) is 9.59 Å². The van der Waals surface area contributed by atoms with Gasteiger partial charge in [0.05, 0.1) is 18.7 Å². The minimum Gasteiger partial charge on any atom is -0.477 e. The second-order valence-electron chi connectivity index (χ2n) is 6.24. The minimum absolute atomic E-state index is 0.0364. The average Bonchev–Trinajstić information content (AvgIpc) is 3.13. The quantitative estimate of drug-likeness (QED) is 0.900. The number of aromatic carboxylic acids is 1. The summed E-state index contributed by atoms with van der Waals surface area (Å²) >= 11 is 1.15. The van der Waals surface area contributed by atoms with Crippen LogP contribution in [0.3, 0.4) is 0 Å². The van der Waals surface area contributed by atoms with Gasteiger partial charge >= 0.3 is 5.97 Å². The molecule has 0 spiro atoms. The Bertz CT molecular complexity index is 778. The second kappa shape index (κ2) is 6.76. The van der Waals surface area contributed by atoms with Crippen LogP contribution in [0.4, 0.5) is 0 Å². The molecule has 0 fully saturated rings. The molecule has 1 aliphatic carbocycles. The van der Waals surface area contributed by atoms with Gasteiger partial charge in [-0.25, -0.2) is 9.78 Å². The normalized spacial score (nSPS) is 13.6. The highest BCUT2D eigenvalue weighted by Gasteiger charge is 2.20. The molecule has 0 aromatic carbocycles. The molecule has 0 atom stereocenters. The summed E-state index contributed by atoms with van der Waals surface area (Å²) in [6.07, 6.45) is 4.68. The lowest BCUT2D eigenvalue weighted by atomic mass is 10.0. The number of hydrogen-bond donors (Lipinski definition) is 1. The molecule has 24 heavy (non-hydrogen) atoms. The third-order valence-corrected chi connectivity index (χ3v) is 5.46. The van der Waals surface area contributed by atoms with Gasteiger partial charge in [-0.2, -0.15) is 0 Å². The lowest BCUT2D eigenvalue weighted by Gasteiger charge is -2.17. The van der Waals surface area contributed by atoms with Gasteiger partial charge in [0.25, 0.3) is 0 Å². The molecular formula is C17H21N3O3S. The van der Waals surface area contributed by atoms with Crippen molar-refractivity contribution < 1.29 is 14.7 Å². The summed E-state index contributed by atoms with van der Waals surface area (Å²) in [6, 6.07) is 1.57. The first-order valence-electron chi connectivity index (χ1n) is 8.03. The number of rotatable bonds is 5. The Morgan fingerprint density at radius 1 is 1.38 bits per heavy atom. The zero-order chi connectivity index (χ0) is 17.3. The van der Waals surface area contributed by atoms with E-state index < -0.39 is 5.97 Å². The third-order valence-electron chi connectivity index (χ3n) is 4.49. The molecule has 0 saturated carbocycles. The van der Waals surface area contributed by atoms with Crippen molar-refractivity contribution in [2.24, 2.45) is 7.05 Å². The SMILES string of the molecule is CN(Cc1nc2c(n1C)CCCC2)C(=O)Cc1csc(C(=O)O)c1. The van der Waals surface area contributed by atoms with E-state index in [1.807, 2.05) is 7.05 Å². The summed E-state index contributed by atoms with van der Waals surface area (Å²) < 4.78 is 2.12. The number of aromatic nitrogens is 2. The number of amides is 1. The molecule has 1 amide bonds. The Morgan fingerprint density at radius 2 is 2.12 bits per heavy atom. The molecule has 2 aromatic rings. The van der Waals surface area contributed by atoms with Gasteiger partial charge in [-0.3, -0.25) is 4.79 Å². The van der Waals surface area contributed by atoms with Gasteiger partial charge in [0.15, 0.2) is 0 Å². The van der Waals surface area contributed by atoms with Crippen molar-refractivity contribution in [3.63, 3.8) is 0 Å². The highest BCUT2D eigenvalue weighted by Crippen LogP contribution is 2.22. The van der Waals surface area contributed by atoms with Crippen LogP contribution in [-0.4, -0.2) is 38.5 Å². The van der Waals surface area contributed by atoms with E-state index in [-0.39, 0.29) is 17.2 Å². The van der Waals surface area contributed by atoms with Crippen molar-refractivity contribution in [3.05, 3.63) is 39.1 Å². The van der Waals surface area contributed by atoms with E-state index in [0.717, 1.165) is 35.6 Å². The minimum atomic E-state index is -0.953. The van der Waals surface area contributed by atoms with Gasteiger partial charge in [0.2, 0.25) is 5.91 Å². The van der Waals surface area contributed by atoms with Gasteiger partial charge in [-0.05, 0) is 42.7 Å². The lowest BCUT2D eigenvalue weighted by molar-refractivity contribution is -0.129. The Kier molecular flexibility index (Phi) is 4.71. The summed E-state index contributed by atoms with van der Waals surface area (Å²) in [7, 11) is 3.78. The average molecular weight is 347 g/mol. The molecule has 7 heteroatoms. The molecule has 0 unspecified atom stereocenters. The zero-order valence-corrected chi connectivity index (χ0v) is 14.7. The summed E-state index contributed by atoms with van der Waals surface area (Å²) in [5.41, 5.74) is 3.21. The van der Waals surface area contributed by atoms with Crippen LogP contribution in [0.15, 0.2) is 11.4 Å². The van der Waals surface area contributed by atoms with Gasteiger partial charge in [-0.1, -0.05) is 0 Å². The zero-order valence-electron chi connectivity index (χ0n) is 13.9. The first-order valence-corrected chi connectivity index (χ1v) is 8.91. The number of carboxylic acids is 1. The number of aryl methyl sites for hydroxylation is 1. The van der Waals surface area contributed by atoms with E-state index >= 15 is 0 Å². The van der Waals surface area contributed by atoms with Crippen molar-refractivity contribution in [2.45, 2.75) is 38.6 Å². The molecule has 0 saturated heterocycles. The number of thiophene rings is 1. The Balaban J connectivity index is 1.65. The Hall–Kier alpha value is -2.15. The number of carboxylic acid groups (broad SMARTS) is 1. The molecule has 128 valence electrons. The highest BCUT2D eigenvalue weighted by molar-refractivity contribution is 7.12. The lowest BCUT2D eigenvalue weighted by Crippen LogP contribution is -2.28. The summed E-state index contributed by atoms with van der Waals surface area (Å²) in [4.78, 5) is 29.9. The second-order valence-corrected chi connectivity index (χ2v) is 7.15. The Labute approximate surface area is 144 Å². The van der Waals surface area contributed by atoms with Crippen molar-refractivity contribution in [1.82, 2.24) is 14.5 Å². The van der Waals surface area contributed by atoms with Crippen LogP contribution < -0.4 is 0 Å². The maximum atomic E-state index is 12.4. The largest absolute Gasteiger partial charge is 0.477 e. The van der Waals surface area contributed by atoms with Gasteiger partial charge in [0, 0.05) is 19.8 Å².